The summed E-state index contributed by atoms with van der Waals surface area (Å²) in [6.07, 6.45) is 0. The molecule has 7 nitrogen and oxygen atoms in total. The number of nitrogens with zero attached hydrogens (tertiary/aromatic N) is 3. The molecule has 3 aromatic rings. The topological polar surface area (TPSA) is 82.6 Å². The van der Waals surface area contributed by atoms with E-state index in [0.717, 1.165) is 31.0 Å². The van der Waals surface area contributed by atoms with Crippen LogP contribution in [0.5, 0.6) is 0 Å². The minimum atomic E-state index is -3.81. The quantitative estimate of drug-likeness (QED) is 0.567. The molecule has 32 heavy (non-hydrogen) atoms. The Morgan fingerprint density at radius 3 is 2.38 bits per heavy atom. The van der Waals surface area contributed by atoms with Gasteiger partial charge in [-0.05, 0) is 36.8 Å². The average molecular weight is 491 g/mol. The normalized spacial score (nSPS) is 15.0. The number of hydrogen-bond donors (Lipinski definition) is 1. The van der Waals surface area contributed by atoms with Gasteiger partial charge in [-0.15, -0.1) is 0 Å². The third kappa shape index (κ3) is 5.29. The van der Waals surface area contributed by atoms with Gasteiger partial charge in [-0.1, -0.05) is 53.3 Å². The Hall–Kier alpha value is -2.46. The third-order valence-electron chi connectivity index (χ3n) is 5.24. The molecule has 0 unspecified atom stereocenters. The van der Waals surface area contributed by atoms with E-state index in [2.05, 4.69) is 26.7 Å². The lowest BCUT2D eigenvalue weighted by molar-refractivity contribution is 0.0632. The maximum atomic E-state index is 13.1. The van der Waals surface area contributed by atoms with Crippen LogP contribution in [0.15, 0.2) is 59.5 Å². The van der Waals surface area contributed by atoms with Crippen LogP contribution < -0.4 is 4.72 Å². The van der Waals surface area contributed by atoms with E-state index in [4.69, 9.17) is 11.6 Å². The highest BCUT2D eigenvalue weighted by Gasteiger charge is 2.26. The van der Waals surface area contributed by atoms with Crippen LogP contribution in [0.1, 0.15) is 20.9 Å². The number of sulfonamides is 1. The van der Waals surface area contributed by atoms with Crippen molar-refractivity contribution in [1.29, 1.82) is 0 Å². The predicted octanol–water partition coefficient (Wildman–Crippen LogP) is 3.86. The minimum Gasteiger partial charge on any atom is -0.335 e. The molecule has 1 amide bonds. The highest BCUT2D eigenvalue weighted by atomic mass is 35.5. The number of halogens is 1. The fourth-order valence-corrected chi connectivity index (χ4v) is 5.82. The van der Waals surface area contributed by atoms with E-state index in [0.29, 0.717) is 28.7 Å². The van der Waals surface area contributed by atoms with Gasteiger partial charge in [0.25, 0.3) is 15.9 Å². The smallest absolute Gasteiger partial charge is 0.266 e. The molecule has 168 valence electrons. The molecule has 1 fully saturated rings. The van der Waals surface area contributed by atoms with Gasteiger partial charge >= 0.3 is 0 Å². The molecular formula is C22H23ClN4O3S2. The predicted molar refractivity (Wildman–Crippen MR) is 127 cm³/mol. The SMILES string of the molecule is Cc1nc(NS(=O)(=O)c2ccc(Cl)cc2)sc1C(=O)N1CCN(Cc2ccccc2)CC1. The summed E-state index contributed by atoms with van der Waals surface area (Å²) in [6.45, 7) is 5.39. The van der Waals surface area contributed by atoms with E-state index in [-0.39, 0.29) is 15.9 Å². The monoisotopic (exact) mass is 490 g/mol. The number of rotatable bonds is 6. The Balaban J connectivity index is 1.39. The number of carbonyl (C=O) groups is 1. The Bertz CT molecular complexity index is 1190. The van der Waals surface area contributed by atoms with E-state index in [1.807, 2.05) is 18.2 Å². The molecule has 0 bridgehead atoms. The van der Waals surface area contributed by atoms with Crippen LogP contribution in [-0.4, -0.2) is 55.3 Å². The number of anilines is 1. The van der Waals surface area contributed by atoms with Gasteiger partial charge in [0.15, 0.2) is 5.13 Å². The first kappa shape index (κ1) is 22.7. The summed E-state index contributed by atoms with van der Waals surface area (Å²) >= 11 is 6.89. The number of benzene rings is 2. The number of carbonyl (C=O) groups excluding carboxylic acids is 1. The molecule has 1 saturated heterocycles. The number of aromatic nitrogens is 1. The number of amides is 1. The molecule has 0 aliphatic carbocycles. The van der Waals surface area contributed by atoms with Crippen molar-refractivity contribution in [3.05, 3.63) is 75.8 Å². The maximum Gasteiger partial charge on any atom is 0.266 e. The van der Waals surface area contributed by atoms with E-state index in [9.17, 15) is 13.2 Å². The van der Waals surface area contributed by atoms with Crippen molar-refractivity contribution < 1.29 is 13.2 Å². The highest BCUT2D eigenvalue weighted by Crippen LogP contribution is 2.27. The van der Waals surface area contributed by atoms with Crippen LogP contribution in [0.25, 0.3) is 0 Å². The van der Waals surface area contributed by atoms with E-state index in [1.54, 1.807) is 11.8 Å². The van der Waals surface area contributed by atoms with Crippen molar-refractivity contribution in [2.75, 3.05) is 30.9 Å². The van der Waals surface area contributed by atoms with Crippen LogP contribution in [0.2, 0.25) is 5.02 Å². The fourth-order valence-electron chi connectivity index (χ4n) is 3.52. The summed E-state index contributed by atoms with van der Waals surface area (Å²) in [5.41, 5.74) is 1.77. The van der Waals surface area contributed by atoms with Crippen molar-refractivity contribution in [3.8, 4) is 0 Å². The van der Waals surface area contributed by atoms with Crippen LogP contribution in [0.3, 0.4) is 0 Å². The second-order valence-electron chi connectivity index (χ2n) is 7.55. The average Bonchev–Trinajstić information content (AvgIpc) is 3.14. The molecule has 1 aliphatic rings. The van der Waals surface area contributed by atoms with Gasteiger partial charge in [0, 0.05) is 37.7 Å². The number of nitrogens with one attached hydrogen (secondary N) is 1. The van der Waals surface area contributed by atoms with Crippen molar-refractivity contribution in [3.63, 3.8) is 0 Å². The lowest BCUT2D eigenvalue weighted by Crippen LogP contribution is -2.48. The molecule has 1 N–H and O–H groups in total. The highest BCUT2D eigenvalue weighted by molar-refractivity contribution is 7.93. The summed E-state index contributed by atoms with van der Waals surface area (Å²) in [4.78, 5) is 22.0. The first-order valence-corrected chi connectivity index (χ1v) is 12.8. The zero-order valence-electron chi connectivity index (χ0n) is 17.5. The van der Waals surface area contributed by atoms with Gasteiger partial charge in [0.2, 0.25) is 0 Å². The van der Waals surface area contributed by atoms with Crippen LogP contribution in [0, 0.1) is 6.92 Å². The number of piperazine rings is 1. The molecule has 2 heterocycles. The summed E-state index contributed by atoms with van der Waals surface area (Å²) in [6, 6.07) is 16.1. The lowest BCUT2D eigenvalue weighted by atomic mass is 10.2. The second kappa shape index (κ2) is 9.58. The molecule has 2 aromatic carbocycles. The number of thiazole rings is 1. The Labute approximate surface area is 196 Å². The first-order valence-electron chi connectivity index (χ1n) is 10.1. The summed E-state index contributed by atoms with van der Waals surface area (Å²) < 4.78 is 27.7. The van der Waals surface area contributed by atoms with Crippen molar-refractivity contribution in [1.82, 2.24) is 14.8 Å². The zero-order valence-corrected chi connectivity index (χ0v) is 19.9. The zero-order chi connectivity index (χ0) is 22.7. The fraction of sp³-hybridized carbons (Fsp3) is 0.273. The first-order chi connectivity index (χ1) is 15.3. The van der Waals surface area contributed by atoms with Gasteiger partial charge in [-0.3, -0.25) is 14.4 Å². The van der Waals surface area contributed by atoms with Gasteiger partial charge in [-0.25, -0.2) is 13.4 Å². The van der Waals surface area contributed by atoms with Crippen molar-refractivity contribution >= 4 is 44.0 Å². The standard InChI is InChI=1S/C22H23ClN4O3S2/c1-16-20(31-22(24-16)25-32(29,30)19-9-7-18(23)8-10-19)21(28)27-13-11-26(12-14-27)15-17-5-3-2-4-6-17/h2-10H,11-15H2,1H3,(H,24,25). The van der Waals surface area contributed by atoms with E-state index in [1.165, 1.54) is 29.8 Å². The minimum absolute atomic E-state index is 0.0807. The second-order valence-corrected chi connectivity index (χ2v) is 10.7. The number of aryl methyl sites for hydroxylation is 1. The Morgan fingerprint density at radius 1 is 1.06 bits per heavy atom. The van der Waals surface area contributed by atoms with Crippen LogP contribution in [0.4, 0.5) is 5.13 Å². The molecule has 1 aromatic heterocycles. The van der Waals surface area contributed by atoms with Crippen LogP contribution >= 0.6 is 22.9 Å². The van der Waals surface area contributed by atoms with Gasteiger partial charge in [-0.2, -0.15) is 0 Å². The summed E-state index contributed by atoms with van der Waals surface area (Å²) in [7, 11) is -3.81. The van der Waals surface area contributed by atoms with Crippen molar-refractivity contribution in [2.24, 2.45) is 0 Å². The molecule has 0 spiro atoms. The van der Waals surface area contributed by atoms with E-state index < -0.39 is 10.0 Å². The van der Waals surface area contributed by atoms with Crippen molar-refractivity contribution in [2.45, 2.75) is 18.4 Å². The van der Waals surface area contributed by atoms with Crippen LogP contribution in [-0.2, 0) is 16.6 Å². The Kier molecular flexibility index (Phi) is 6.80. The molecule has 4 rings (SSSR count). The Morgan fingerprint density at radius 2 is 1.72 bits per heavy atom. The molecule has 0 radical (unpaired) electrons. The number of hydrogen-bond acceptors (Lipinski definition) is 6. The largest absolute Gasteiger partial charge is 0.335 e. The third-order valence-corrected chi connectivity index (χ3v) is 8.04. The summed E-state index contributed by atoms with van der Waals surface area (Å²) in [5.74, 6) is -0.115. The molecule has 0 saturated carbocycles. The maximum absolute atomic E-state index is 13.1. The van der Waals surface area contributed by atoms with Gasteiger partial charge in [0.05, 0.1) is 10.6 Å². The van der Waals surface area contributed by atoms with E-state index >= 15 is 0 Å². The molecule has 10 heteroatoms. The molecule has 1 aliphatic heterocycles. The molecular weight excluding hydrogens is 468 g/mol. The van der Waals surface area contributed by atoms with Gasteiger partial charge in [0.1, 0.15) is 4.88 Å². The molecule has 0 atom stereocenters. The lowest BCUT2D eigenvalue weighted by Gasteiger charge is -2.34. The summed E-state index contributed by atoms with van der Waals surface area (Å²) in [5, 5.41) is 0.620. The van der Waals surface area contributed by atoms with Gasteiger partial charge < -0.3 is 4.90 Å².